The van der Waals surface area contributed by atoms with Crippen molar-refractivity contribution in [1.29, 1.82) is 5.41 Å². The first-order valence-corrected chi connectivity index (χ1v) is 11.7. The summed E-state index contributed by atoms with van der Waals surface area (Å²) in [6.07, 6.45) is 3.62. The van der Waals surface area contributed by atoms with E-state index in [4.69, 9.17) is 32.2 Å². The van der Waals surface area contributed by atoms with E-state index in [1.165, 1.54) is 36.1 Å². The topological polar surface area (TPSA) is 74.8 Å². The number of rotatable bonds is 6. The Morgan fingerprint density at radius 2 is 1.94 bits per heavy atom. The molecule has 0 radical (unpaired) electrons. The first-order chi connectivity index (χ1) is 15.4. The van der Waals surface area contributed by atoms with Crippen LogP contribution in [0.25, 0.3) is 0 Å². The minimum atomic E-state index is 0.0393. The van der Waals surface area contributed by atoms with Crippen LogP contribution >= 0.6 is 11.6 Å². The van der Waals surface area contributed by atoms with Crippen LogP contribution in [0.15, 0.2) is 30.3 Å². The summed E-state index contributed by atoms with van der Waals surface area (Å²) in [6.45, 7) is 7.43. The van der Waals surface area contributed by atoms with Crippen molar-refractivity contribution in [2.24, 2.45) is 5.73 Å². The molecule has 172 valence electrons. The molecule has 2 aromatic carbocycles. The van der Waals surface area contributed by atoms with Crippen molar-refractivity contribution in [2.45, 2.75) is 45.2 Å². The van der Waals surface area contributed by atoms with Gasteiger partial charge in [0, 0.05) is 43.5 Å². The maximum Gasteiger partial charge on any atom is 0.145 e. The van der Waals surface area contributed by atoms with Crippen molar-refractivity contribution in [2.75, 3.05) is 38.3 Å². The summed E-state index contributed by atoms with van der Waals surface area (Å²) in [7, 11) is 1.66. The van der Waals surface area contributed by atoms with Crippen LogP contribution in [0.3, 0.4) is 0 Å². The van der Waals surface area contributed by atoms with E-state index in [1.54, 1.807) is 7.11 Å². The molecule has 2 heterocycles. The number of piperidine rings is 1. The summed E-state index contributed by atoms with van der Waals surface area (Å²) in [5, 5.41) is 8.06. The number of nitrogens with two attached hydrogens (primary N) is 1. The number of nitrogens with one attached hydrogen (secondary N) is 1. The van der Waals surface area contributed by atoms with Crippen molar-refractivity contribution in [3.05, 3.63) is 52.0 Å². The number of hydrogen-bond acceptors (Lipinski definition) is 5. The summed E-state index contributed by atoms with van der Waals surface area (Å²) in [6, 6.07) is 11.3. The standard InChI is InChI=1S/C25H33ClN4O2/c1-16-17(2)23(32-15-25(27)28)10-8-20(16)22-6-4-5-19-14-29(11-12-30(19)22)18-7-9-21(26)24(13-18)31-3/h7-10,13,19,22H,4-6,11-12,14-15H2,1-3H3,(H3,27,28)/t19-,22+/m0/s1. The van der Waals surface area contributed by atoms with Crippen molar-refractivity contribution in [3.8, 4) is 11.5 Å². The van der Waals surface area contributed by atoms with Gasteiger partial charge in [0.2, 0.25) is 0 Å². The Labute approximate surface area is 195 Å². The third kappa shape index (κ3) is 4.52. The lowest BCUT2D eigenvalue weighted by atomic mass is 9.86. The fourth-order valence-corrected chi connectivity index (χ4v) is 5.35. The number of halogens is 1. The van der Waals surface area contributed by atoms with E-state index in [2.05, 4.69) is 35.8 Å². The molecule has 0 aliphatic carbocycles. The van der Waals surface area contributed by atoms with Gasteiger partial charge in [-0.15, -0.1) is 0 Å². The highest BCUT2D eigenvalue weighted by Crippen LogP contribution is 2.40. The van der Waals surface area contributed by atoms with Gasteiger partial charge in [-0.25, -0.2) is 0 Å². The van der Waals surface area contributed by atoms with Crippen LogP contribution in [0.5, 0.6) is 11.5 Å². The molecule has 7 heteroatoms. The lowest BCUT2D eigenvalue weighted by Crippen LogP contribution is -2.56. The van der Waals surface area contributed by atoms with Crippen LogP contribution in [0.1, 0.15) is 42.0 Å². The zero-order valence-electron chi connectivity index (χ0n) is 19.2. The third-order valence-corrected chi connectivity index (χ3v) is 7.28. The number of amidine groups is 1. The predicted octanol–water partition coefficient (Wildman–Crippen LogP) is 4.70. The summed E-state index contributed by atoms with van der Waals surface area (Å²) in [5.41, 5.74) is 10.4. The highest BCUT2D eigenvalue weighted by atomic mass is 35.5. The molecule has 32 heavy (non-hydrogen) atoms. The molecule has 2 saturated heterocycles. The molecule has 0 spiro atoms. The summed E-state index contributed by atoms with van der Waals surface area (Å²) >= 11 is 6.23. The second-order valence-electron chi connectivity index (χ2n) is 8.82. The minimum absolute atomic E-state index is 0.0393. The molecule has 2 aliphatic rings. The van der Waals surface area contributed by atoms with Crippen molar-refractivity contribution < 1.29 is 9.47 Å². The molecular formula is C25H33ClN4O2. The van der Waals surface area contributed by atoms with E-state index in [9.17, 15) is 0 Å². The van der Waals surface area contributed by atoms with E-state index in [0.717, 1.165) is 36.7 Å². The van der Waals surface area contributed by atoms with E-state index >= 15 is 0 Å². The number of hydrogen-bond donors (Lipinski definition) is 2. The number of piperazine rings is 1. The van der Waals surface area contributed by atoms with Crippen molar-refractivity contribution >= 4 is 23.1 Å². The number of methoxy groups -OCH3 is 1. The highest BCUT2D eigenvalue weighted by Gasteiger charge is 2.36. The van der Waals surface area contributed by atoms with Gasteiger partial charge in [0.15, 0.2) is 0 Å². The van der Waals surface area contributed by atoms with Crippen LogP contribution < -0.4 is 20.1 Å². The SMILES string of the molecule is COc1cc(N2CCN3[C@@H](CCC[C@@H]3c3ccc(OCC(=N)N)c(C)c3C)C2)ccc1Cl. The largest absolute Gasteiger partial charge is 0.495 e. The average Bonchev–Trinajstić information content (AvgIpc) is 2.79. The fraction of sp³-hybridized carbons (Fsp3) is 0.480. The number of benzene rings is 2. The second-order valence-corrected chi connectivity index (χ2v) is 9.23. The maximum atomic E-state index is 7.41. The highest BCUT2D eigenvalue weighted by molar-refractivity contribution is 6.32. The molecule has 3 N–H and O–H groups in total. The van der Waals surface area contributed by atoms with E-state index in [-0.39, 0.29) is 12.4 Å². The lowest BCUT2D eigenvalue weighted by Gasteiger charge is -2.49. The monoisotopic (exact) mass is 456 g/mol. The zero-order valence-corrected chi connectivity index (χ0v) is 19.9. The normalized spacial score (nSPS) is 21.2. The number of nitrogens with zero attached hydrogens (tertiary/aromatic N) is 2. The summed E-state index contributed by atoms with van der Waals surface area (Å²) < 4.78 is 11.2. The zero-order chi connectivity index (χ0) is 22.8. The molecule has 2 fully saturated rings. The van der Waals surface area contributed by atoms with Gasteiger partial charge in [0.1, 0.15) is 23.9 Å². The van der Waals surface area contributed by atoms with Crippen molar-refractivity contribution in [3.63, 3.8) is 0 Å². The van der Waals surface area contributed by atoms with E-state index in [1.807, 2.05) is 18.2 Å². The van der Waals surface area contributed by atoms with Crippen LogP contribution in [0.4, 0.5) is 5.69 Å². The molecule has 0 saturated carbocycles. The molecule has 0 aromatic heterocycles. The predicted molar refractivity (Wildman–Crippen MR) is 131 cm³/mol. The Bertz CT molecular complexity index is 996. The van der Waals surface area contributed by atoms with Crippen LogP contribution in [-0.4, -0.2) is 50.1 Å². The number of fused-ring (bicyclic) bond motifs is 1. The summed E-state index contributed by atoms with van der Waals surface area (Å²) in [4.78, 5) is 5.16. The van der Waals surface area contributed by atoms with Gasteiger partial charge in [0.05, 0.1) is 12.1 Å². The number of ether oxygens (including phenoxy) is 2. The molecule has 6 nitrogen and oxygen atoms in total. The first kappa shape index (κ1) is 22.7. The van der Waals surface area contributed by atoms with Crippen molar-refractivity contribution in [1.82, 2.24) is 4.90 Å². The number of anilines is 1. The third-order valence-electron chi connectivity index (χ3n) is 6.96. The van der Waals surface area contributed by atoms with Gasteiger partial charge in [-0.2, -0.15) is 0 Å². The van der Waals surface area contributed by atoms with Crippen LogP contribution in [-0.2, 0) is 0 Å². The molecule has 2 aliphatic heterocycles. The Morgan fingerprint density at radius 1 is 1.12 bits per heavy atom. The Morgan fingerprint density at radius 3 is 2.69 bits per heavy atom. The molecular weight excluding hydrogens is 424 g/mol. The molecule has 4 rings (SSSR count). The first-order valence-electron chi connectivity index (χ1n) is 11.3. The van der Waals surface area contributed by atoms with Gasteiger partial charge in [-0.1, -0.05) is 17.7 Å². The van der Waals surface area contributed by atoms with Gasteiger partial charge in [0.25, 0.3) is 0 Å². The second kappa shape index (κ2) is 9.59. The average molecular weight is 457 g/mol. The van der Waals surface area contributed by atoms with Gasteiger partial charge in [-0.05, 0) is 68.0 Å². The van der Waals surface area contributed by atoms with Gasteiger partial charge >= 0.3 is 0 Å². The molecule has 0 bridgehead atoms. The Kier molecular flexibility index (Phi) is 6.82. The minimum Gasteiger partial charge on any atom is -0.495 e. The molecule has 0 amide bonds. The van der Waals surface area contributed by atoms with Gasteiger partial charge < -0.3 is 20.1 Å². The van der Waals surface area contributed by atoms with Crippen LogP contribution in [0, 0.1) is 19.3 Å². The molecule has 2 aromatic rings. The summed E-state index contributed by atoms with van der Waals surface area (Å²) in [5.74, 6) is 1.58. The van der Waals surface area contributed by atoms with Gasteiger partial charge in [-0.3, -0.25) is 10.3 Å². The Balaban J connectivity index is 1.52. The van der Waals surface area contributed by atoms with Crippen LogP contribution in [0.2, 0.25) is 5.02 Å². The smallest absolute Gasteiger partial charge is 0.145 e. The maximum absolute atomic E-state index is 7.41. The Hall–Kier alpha value is -2.44. The van der Waals surface area contributed by atoms with E-state index in [0.29, 0.717) is 17.1 Å². The fourth-order valence-electron chi connectivity index (χ4n) is 5.15. The molecule has 0 unspecified atom stereocenters. The molecule has 2 atom stereocenters. The van der Waals surface area contributed by atoms with E-state index < -0.39 is 0 Å². The quantitative estimate of drug-likeness (QED) is 0.487. The lowest BCUT2D eigenvalue weighted by molar-refractivity contribution is 0.0712.